The zero-order valence-electron chi connectivity index (χ0n) is 10.9. The first-order valence-electron chi connectivity index (χ1n) is 7.24. The molecular weight excluding hydrogens is 196 g/mol. The minimum atomic E-state index is 0.474. The second-order valence-electron chi connectivity index (χ2n) is 5.27. The molecule has 1 heteroatoms. The zero-order chi connectivity index (χ0) is 11.4. The van der Waals surface area contributed by atoms with E-state index < -0.39 is 0 Å². The molecular formula is C15H26O. The monoisotopic (exact) mass is 222 g/mol. The number of hydrogen-bond donors (Lipinski definition) is 0. The van der Waals surface area contributed by atoms with Crippen LogP contribution in [0.1, 0.15) is 71.6 Å². The molecule has 1 heterocycles. The van der Waals surface area contributed by atoms with E-state index in [1.165, 1.54) is 57.8 Å². The second-order valence-corrected chi connectivity index (χ2v) is 5.27. The molecule has 0 aromatic heterocycles. The van der Waals surface area contributed by atoms with Crippen LogP contribution in [0.5, 0.6) is 0 Å². The first-order chi connectivity index (χ1) is 7.86. The van der Waals surface area contributed by atoms with Gasteiger partial charge in [-0.05, 0) is 49.7 Å². The quantitative estimate of drug-likeness (QED) is 0.487. The van der Waals surface area contributed by atoms with Crippen LogP contribution in [0.2, 0.25) is 0 Å². The number of unbranched alkanes of at least 4 members (excludes halogenated alkanes) is 2. The first-order valence-corrected chi connectivity index (χ1v) is 7.24. The third kappa shape index (κ3) is 2.51. The third-order valence-electron chi connectivity index (χ3n) is 4.10. The first kappa shape index (κ1) is 12.2. The van der Waals surface area contributed by atoms with Crippen LogP contribution < -0.4 is 0 Å². The molecule has 0 amide bonds. The fourth-order valence-electron chi connectivity index (χ4n) is 3.21. The van der Waals surface area contributed by atoms with Gasteiger partial charge in [0.25, 0.3) is 0 Å². The lowest BCUT2D eigenvalue weighted by Gasteiger charge is -2.17. The predicted molar refractivity (Wildman–Crippen MR) is 68.6 cm³/mol. The molecule has 0 aromatic rings. The summed E-state index contributed by atoms with van der Waals surface area (Å²) in [5.74, 6) is 0. The predicted octanol–water partition coefficient (Wildman–Crippen LogP) is 4.61. The summed E-state index contributed by atoms with van der Waals surface area (Å²) in [4.78, 5) is 0. The molecule has 0 aromatic carbocycles. The van der Waals surface area contributed by atoms with Crippen molar-refractivity contribution in [1.29, 1.82) is 0 Å². The van der Waals surface area contributed by atoms with Gasteiger partial charge in [-0.15, -0.1) is 0 Å². The molecule has 0 bridgehead atoms. The summed E-state index contributed by atoms with van der Waals surface area (Å²) < 4.78 is 6.23. The lowest BCUT2D eigenvalue weighted by atomic mass is 9.86. The highest BCUT2D eigenvalue weighted by Crippen LogP contribution is 2.40. The fraction of sp³-hybridized carbons (Fsp3) is 0.867. The van der Waals surface area contributed by atoms with Crippen LogP contribution >= 0.6 is 0 Å². The summed E-state index contributed by atoms with van der Waals surface area (Å²) in [5, 5.41) is 0. The molecule has 2 rings (SSSR count). The largest absolute Gasteiger partial charge is 0.366 e. The van der Waals surface area contributed by atoms with E-state index in [1.54, 1.807) is 11.1 Å². The van der Waals surface area contributed by atoms with E-state index in [1.807, 2.05) is 0 Å². The van der Waals surface area contributed by atoms with Crippen molar-refractivity contribution < 1.29 is 4.74 Å². The van der Waals surface area contributed by atoms with Gasteiger partial charge in [-0.2, -0.15) is 0 Å². The van der Waals surface area contributed by atoms with Crippen molar-refractivity contribution in [2.45, 2.75) is 83.8 Å². The van der Waals surface area contributed by atoms with Gasteiger partial charge in [0.2, 0.25) is 0 Å². The molecule has 0 saturated heterocycles. The van der Waals surface area contributed by atoms with Gasteiger partial charge in [0.1, 0.15) is 0 Å². The Hall–Kier alpha value is -0.300. The summed E-state index contributed by atoms with van der Waals surface area (Å²) in [6.45, 7) is 4.54. The number of ether oxygens (including phenoxy) is 1. The Morgan fingerprint density at radius 2 is 1.69 bits per heavy atom. The van der Waals surface area contributed by atoms with Crippen molar-refractivity contribution in [1.82, 2.24) is 0 Å². The van der Waals surface area contributed by atoms with Crippen molar-refractivity contribution in [2.24, 2.45) is 0 Å². The summed E-state index contributed by atoms with van der Waals surface area (Å²) >= 11 is 0. The summed E-state index contributed by atoms with van der Waals surface area (Å²) in [7, 11) is 0. The van der Waals surface area contributed by atoms with E-state index >= 15 is 0 Å². The third-order valence-corrected chi connectivity index (χ3v) is 4.10. The second kappa shape index (κ2) is 5.86. The van der Waals surface area contributed by atoms with Gasteiger partial charge in [-0.3, -0.25) is 0 Å². The Labute approximate surface area is 100 Å². The van der Waals surface area contributed by atoms with E-state index in [-0.39, 0.29) is 0 Å². The highest BCUT2D eigenvalue weighted by molar-refractivity contribution is 5.28. The minimum Gasteiger partial charge on any atom is -0.366 e. The standard InChI is InChI=1S/C15H26O/c1-3-5-6-11-15-13-10-8-7-9-12(13)14(4-2)16-15/h14-15H,3-11H2,1-2H3/t14-,15-/m0/s1. The molecule has 2 atom stereocenters. The summed E-state index contributed by atoms with van der Waals surface area (Å²) in [5.41, 5.74) is 3.39. The maximum Gasteiger partial charge on any atom is 0.0796 e. The van der Waals surface area contributed by atoms with Gasteiger partial charge in [0, 0.05) is 0 Å². The molecule has 1 nitrogen and oxygen atoms in total. The van der Waals surface area contributed by atoms with Gasteiger partial charge in [-0.25, -0.2) is 0 Å². The maximum absolute atomic E-state index is 6.23. The number of hydrogen-bond acceptors (Lipinski definition) is 1. The zero-order valence-corrected chi connectivity index (χ0v) is 10.9. The van der Waals surface area contributed by atoms with E-state index in [2.05, 4.69) is 13.8 Å². The minimum absolute atomic E-state index is 0.474. The van der Waals surface area contributed by atoms with Crippen LogP contribution in [-0.4, -0.2) is 12.2 Å². The molecule has 0 saturated carbocycles. The Bertz CT molecular complexity index is 254. The molecule has 1 aliphatic heterocycles. The topological polar surface area (TPSA) is 9.23 Å². The molecule has 2 aliphatic rings. The van der Waals surface area contributed by atoms with Gasteiger partial charge in [0.05, 0.1) is 12.2 Å². The SMILES string of the molecule is CCCCC[C@@H]1O[C@@H](CC)C2=C1CCCC2. The highest BCUT2D eigenvalue weighted by atomic mass is 16.5. The van der Waals surface area contributed by atoms with Crippen LogP contribution in [0, 0.1) is 0 Å². The van der Waals surface area contributed by atoms with Crippen molar-refractivity contribution in [3.63, 3.8) is 0 Å². The molecule has 0 radical (unpaired) electrons. The molecule has 1 aliphatic carbocycles. The molecule has 0 unspecified atom stereocenters. The van der Waals surface area contributed by atoms with E-state index in [4.69, 9.17) is 4.74 Å². The van der Waals surface area contributed by atoms with Crippen LogP contribution in [0.3, 0.4) is 0 Å². The van der Waals surface area contributed by atoms with E-state index in [9.17, 15) is 0 Å². The average Bonchev–Trinajstić information content (AvgIpc) is 2.68. The van der Waals surface area contributed by atoms with Crippen molar-refractivity contribution in [3.8, 4) is 0 Å². The van der Waals surface area contributed by atoms with E-state index in [0.29, 0.717) is 12.2 Å². The Morgan fingerprint density at radius 1 is 1.00 bits per heavy atom. The van der Waals surface area contributed by atoms with Gasteiger partial charge in [-0.1, -0.05) is 33.1 Å². The lowest BCUT2D eigenvalue weighted by Crippen LogP contribution is -2.14. The van der Waals surface area contributed by atoms with Crippen molar-refractivity contribution >= 4 is 0 Å². The smallest absolute Gasteiger partial charge is 0.0796 e. The molecule has 92 valence electrons. The van der Waals surface area contributed by atoms with E-state index in [0.717, 1.165) is 0 Å². The molecule has 16 heavy (non-hydrogen) atoms. The average molecular weight is 222 g/mol. The van der Waals surface area contributed by atoms with Gasteiger partial charge in [0.15, 0.2) is 0 Å². The Morgan fingerprint density at radius 3 is 2.31 bits per heavy atom. The van der Waals surface area contributed by atoms with Crippen molar-refractivity contribution in [2.75, 3.05) is 0 Å². The molecule has 0 fully saturated rings. The van der Waals surface area contributed by atoms with Crippen LogP contribution in [0.15, 0.2) is 11.1 Å². The Balaban J connectivity index is 1.96. The summed E-state index contributed by atoms with van der Waals surface area (Å²) in [6, 6.07) is 0. The van der Waals surface area contributed by atoms with Gasteiger partial charge < -0.3 is 4.74 Å². The lowest BCUT2D eigenvalue weighted by molar-refractivity contribution is 0.0436. The maximum atomic E-state index is 6.23. The normalized spacial score (nSPS) is 29.6. The molecule has 0 N–H and O–H groups in total. The fourth-order valence-corrected chi connectivity index (χ4v) is 3.21. The van der Waals surface area contributed by atoms with Crippen LogP contribution in [-0.2, 0) is 4.74 Å². The van der Waals surface area contributed by atoms with Crippen LogP contribution in [0.25, 0.3) is 0 Å². The number of rotatable bonds is 5. The highest BCUT2D eigenvalue weighted by Gasteiger charge is 2.33. The summed E-state index contributed by atoms with van der Waals surface area (Å²) in [6.07, 6.45) is 12.8. The van der Waals surface area contributed by atoms with Crippen molar-refractivity contribution in [3.05, 3.63) is 11.1 Å². The molecule has 0 spiro atoms. The van der Waals surface area contributed by atoms with Crippen LogP contribution in [0.4, 0.5) is 0 Å². The Kier molecular flexibility index (Phi) is 4.45. The van der Waals surface area contributed by atoms with Gasteiger partial charge >= 0.3 is 0 Å².